The second kappa shape index (κ2) is 5.98. The topological polar surface area (TPSA) is 66.5 Å². The molecule has 116 valence electrons. The minimum atomic E-state index is -4.09. The van der Waals surface area contributed by atoms with E-state index in [-0.39, 0.29) is 29.5 Å². The molecule has 2 rings (SSSR count). The first-order valence-corrected chi connectivity index (χ1v) is 8.37. The summed E-state index contributed by atoms with van der Waals surface area (Å²) in [7, 11) is -4.09. The van der Waals surface area contributed by atoms with Crippen LogP contribution >= 0.6 is 15.9 Å². The lowest BCUT2D eigenvalue weighted by molar-refractivity contribution is -0.119. The van der Waals surface area contributed by atoms with Crippen molar-refractivity contribution in [3.8, 4) is 0 Å². The van der Waals surface area contributed by atoms with Crippen LogP contribution in [0.2, 0.25) is 0 Å². The van der Waals surface area contributed by atoms with Crippen LogP contribution < -0.4 is 5.32 Å². The van der Waals surface area contributed by atoms with Crippen LogP contribution in [0, 0.1) is 11.6 Å². The Morgan fingerprint density at radius 2 is 2.10 bits per heavy atom. The molecular formula is C12H13BrF2N2O3S. The van der Waals surface area contributed by atoms with Crippen LogP contribution in [0.5, 0.6) is 0 Å². The Morgan fingerprint density at radius 1 is 1.43 bits per heavy atom. The fraction of sp³-hybridized carbons (Fsp3) is 0.417. The molecule has 0 spiro atoms. The predicted octanol–water partition coefficient (Wildman–Crippen LogP) is 1.63. The summed E-state index contributed by atoms with van der Waals surface area (Å²) < 4.78 is 52.7. The molecule has 0 bridgehead atoms. The number of nitrogens with one attached hydrogen (secondary N) is 1. The molecule has 0 radical (unpaired) electrons. The van der Waals surface area contributed by atoms with Crippen LogP contribution in [0.4, 0.5) is 8.78 Å². The summed E-state index contributed by atoms with van der Waals surface area (Å²) in [5.74, 6) is -2.27. The summed E-state index contributed by atoms with van der Waals surface area (Å²) in [6.45, 7) is 1.56. The van der Waals surface area contributed by atoms with Gasteiger partial charge in [0.1, 0.15) is 16.5 Å². The first kappa shape index (κ1) is 16.3. The van der Waals surface area contributed by atoms with Gasteiger partial charge < -0.3 is 5.32 Å². The van der Waals surface area contributed by atoms with Crippen molar-refractivity contribution < 1.29 is 22.0 Å². The maximum absolute atomic E-state index is 13.8. The van der Waals surface area contributed by atoms with Crippen molar-refractivity contribution in [2.75, 3.05) is 13.1 Å². The molecule has 1 aromatic carbocycles. The van der Waals surface area contributed by atoms with Crippen LogP contribution in [0.15, 0.2) is 21.5 Å². The lowest BCUT2D eigenvalue weighted by Crippen LogP contribution is -2.37. The Morgan fingerprint density at radius 3 is 2.67 bits per heavy atom. The number of carbonyl (C=O) groups excluding carboxylic acids is 1. The van der Waals surface area contributed by atoms with Crippen molar-refractivity contribution in [1.82, 2.24) is 9.62 Å². The smallest absolute Gasteiger partial charge is 0.247 e. The van der Waals surface area contributed by atoms with Crippen LogP contribution in [0.1, 0.15) is 13.3 Å². The van der Waals surface area contributed by atoms with Gasteiger partial charge in [-0.15, -0.1) is 0 Å². The number of hydrogen-bond donors (Lipinski definition) is 1. The third kappa shape index (κ3) is 3.41. The fourth-order valence-corrected chi connectivity index (χ4v) is 4.87. The van der Waals surface area contributed by atoms with Crippen LogP contribution in [0.25, 0.3) is 0 Å². The summed E-state index contributed by atoms with van der Waals surface area (Å²) in [5, 5.41) is 2.62. The third-order valence-corrected chi connectivity index (χ3v) is 5.95. The molecule has 5 nitrogen and oxygen atoms in total. The van der Waals surface area contributed by atoms with Crippen LogP contribution in [0.3, 0.4) is 0 Å². The standard InChI is InChI=1S/C12H13BrF2N2O3S/c1-7(18)16-9-2-3-17(6-9)21(19,20)12-10(13)4-8(14)5-11(12)15/h4-5,9H,2-3,6H2,1H3,(H,16,18). The van der Waals surface area contributed by atoms with E-state index in [0.717, 1.165) is 10.4 Å². The Bertz CT molecular complexity index is 658. The SMILES string of the molecule is CC(=O)NC1CCN(S(=O)(=O)c2c(F)cc(F)cc2Br)C1. The molecule has 1 amide bonds. The molecule has 0 saturated carbocycles. The Labute approximate surface area is 129 Å². The molecular weight excluding hydrogens is 370 g/mol. The number of amides is 1. The quantitative estimate of drug-likeness (QED) is 0.863. The van der Waals surface area contributed by atoms with Crippen molar-refractivity contribution in [3.63, 3.8) is 0 Å². The fourth-order valence-electron chi connectivity index (χ4n) is 2.26. The first-order chi connectivity index (χ1) is 9.71. The predicted molar refractivity (Wildman–Crippen MR) is 75.0 cm³/mol. The van der Waals surface area contributed by atoms with Gasteiger partial charge in [-0.1, -0.05) is 0 Å². The number of halogens is 3. The van der Waals surface area contributed by atoms with Crippen molar-refractivity contribution in [2.24, 2.45) is 0 Å². The minimum absolute atomic E-state index is 0.0607. The highest BCUT2D eigenvalue weighted by Crippen LogP contribution is 2.30. The van der Waals surface area contributed by atoms with Crippen LogP contribution in [-0.2, 0) is 14.8 Å². The molecule has 21 heavy (non-hydrogen) atoms. The van der Waals surface area contributed by atoms with E-state index >= 15 is 0 Å². The maximum atomic E-state index is 13.8. The second-order valence-electron chi connectivity index (χ2n) is 4.75. The van der Waals surface area contributed by atoms with Crippen LogP contribution in [-0.4, -0.2) is 37.8 Å². The highest BCUT2D eigenvalue weighted by Gasteiger charge is 2.36. The molecule has 1 heterocycles. The monoisotopic (exact) mass is 382 g/mol. The summed E-state index contributed by atoms with van der Waals surface area (Å²) in [4.78, 5) is 10.4. The summed E-state index contributed by atoms with van der Waals surface area (Å²) in [6, 6.07) is 1.12. The van der Waals surface area contributed by atoms with Crippen molar-refractivity contribution in [3.05, 3.63) is 28.2 Å². The van der Waals surface area contributed by atoms with Gasteiger partial charge in [0.2, 0.25) is 15.9 Å². The molecule has 1 aliphatic heterocycles. The number of benzene rings is 1. The molecule has 1 aliphatic rings. The van der Waals surface area contributed by atoms with E-state index in [1.807, 2.05) is 0 Å². The highest BCUT2D eigenvalue weighted by molar-refractivity contribution is 9.10. The van der Waals surface area contributed by atoms with E-state index in [2.05, 4.69) is 21.2 Å². The molecule has 1 aromatic rings. The van der Waals surface area contributed by atoms with E-state index in [1.165, 1.54) is 6.92 Å². The summed E-state index contributed by atoms with van der Waals surface area (Å²) >= 11 is 2.88. The number of rotatable bonds is 3. The van der Waals surface area contributed by atoms with Gasteiger partial charge in [-0.05, 0) is 28.4 Å². The van der Waals surface area contributed by atoms with Gasteiger partial charge in [-0.2, -0.15) is 4.31 Å². The Balaban J connectivity index is 2.30. The highest BCUT2D eigenvalue weighted by atomic mass is 79.9. The average Bonchev–Trinajstić information content (AvgIpc) is 2.75. The second-order valence-corrected chi connectivity index (χ2v) is 7.48. The molecule has 0 aromatic heterocycles. The Kier molecular flexibility index (Phi) is 4.64. The van der Waals surface area contributed by atoms with Crippen molar-refractivity contribution >= 4 is 31.9 Å². The molecule has 1 fully saturated rings. The zero-order valence-electron chi connectivity index (χ0n) is 11.1. The van der Waals surface area contributed by atoms with Gasteiger partial charge in [0.05, 0.1) is 0 Å². The number of hydrogen-bond acceptors (Lipinski definition) is 3. The Hall–Kier alpha value is -1.06. The lowest BCUT2D eigenvalue weighted by Gasteiger charge is -2.18. The van der Waals surface area contributed by atoms with Gasteiger partial charge in [0, 0.05) is 36.6 Å². The molecule has 1 atom stereocenters. The molecule has 1 unspecified atom stereocenters. The number of sulfonamides is 1. The van der Waals surface area contributed by atoms with E-state index in [1.54, 1.807) is 0 Å². The van der Waals surface area contributed by atoms with Gasteiger partial charge in [0.15, 0.2) is 0 Å². The van der Waals surface area contributed by atoms with Gasteiger partial charge in [0.25, 0.3) is 0 Å². The normalized spacial score (nSPS) is 19.7. The van der Waals surface area contributed by atoms with E-state index < -0.39 is 26.6 Å². The first-order valence-electron chi connectivity index (χ1n) is 6.13. The molecule has 0 aliphatic carbocycles. The van der Waals surface area contributed by atoms with Gasteiger partial charge in [-0.25, -0.2) is 17.2 Å². The zero-order chi connectivity index (χ0) is 15.8. The minimum Gasteiger partial charge on any atom is -0.352 e. The molecule has 1 N–H and O–H groups in total. The van der Waals surface area contributed by atoms with Gasteiger partial charge >= 0.3 is 0 Å². The molecule has 1 saturated heterocycles. The van der Waals surface area contributed by atoms with Gasteiger partial charge in [-0.3, -0.25) is 4.79 Å². The van der Waals surface area contributed by atoms with Crippen molar-refractivity contribution in [1.29, 1.82) is 0 Å². The van der Waals surface area contributed by atoms with Crippen molar-refractivity contribution in [2.45, 2.75) is 24.3 Å². The average molecular weight is 383 g/mol. The maximum Gasteiger partial charge on any atom is 0.247 e. The third-order valence-electron chi connectivity index (χ3n) is 3.12. The lowest BCUT2D eigenvalue weighted by atomic mass is 10.3. The van der Waals surface area contributed by atoms with E-state index in [4.69, 9.17) is 0 Å². The number of carbonyl (C=O) groups is 1. The zero-order valence-corrected chi connectivity index (χ0v) is 13.5. The number of nitrogens with zero attached hydrogens (tertiary/aromatic N) is 1. The summed E-state index contributed by atoms with van der Waals surface area (Å²) in [6.07, 6.45) is 0.444. The summed E-state index contributed by atoms with van der Waals surface area (Å²) in [5.41, 5.74) is 0. The largest absolute Gasteiger partial charge is 0.352 e. The van der Waals surface area contributed by atoms with E-state index in [0.29, 0.717) is 12.5 Å². The molecule has 9 heteroatoms. The van der Waals surface area contributed by atoms with E-state index in [9.17, 15) is 22.0 Å².